The van der Waals surface area contributed by atoms with Gasteiger partial charge in [-0.2, -0.15) is 18.3 Å². The van der Waals surface area contributed by atoms with Gasteiger partial charge in [0.1, 0.15) is 0 Å². The lowest BCUT2D eigenvalue weighted by atomic mass is 9.55. The first-order valence-electron chi connectivity index (χ1n) is 12.6. The van der Waals surface area contributed by atoms with Crippen LogP contribution in [0.2, 0.25) is 0 Å². The second kappa shape index (κ2) is 8.71. The van der Waals surface area contributed by atoms with Crippen LogP contribution in [0.3, 0.4) is 0 Å². The first-order chi connectivity index (χ1) is 16.6. The molecule has 0 spiro atoms. The molecule has 0 radical (unpaired) electrons. The number of amides is 2. The number of alkyl halides is 3. The number of nitrogens with zero attached hydrogens (tertiary/aromatic N) is 2. The minimum absolute atomic E-state index is 0.111. The van der Waals surface area contributed by atoms with Gasteiger partial charge < -0.3 is 10.6 Å². The van der Waals surface area contributed by atoms with E-state index in [0.29, 0.717) is 25.8 Å². The zero-order valence-corrected chi connectivity index (χ0v) is 20.5. The molecule has 1 aromatic heterocycles. The number of nitrogens with one attached hydrogen (secondary N) is 2. The van der Waals surface area contributed by atoms with E-state index in [1.54, 1.807) is 6.92 Å². The number of carbonyl (C=O) groups excluding carboxylic acids is 1. The maximum Gasteiger partial charge on any atom is 0.394 e. The van der Waals surface area contributed by atoms with E-state index in [1.807, 2.05) is 17.0 Å². The van der Waals surface area contributed by atoms with Crippen LogP contribution in [-0.2, 0) is 6.42 Å². The van der Waals surface area contributed by atoms with Crippen LogP contribution in [0.1, 0.15) is 64.1 Å². The van der Waals surface area contributed by atoms with E-state index in [2.05, 4.69) is 42.7 Å². The van der Waals surface area contributed by atoms with Crippen molar-refractivity contribution in [1.82, 2.24) is 20.4 Å². The smallest absolute Gasteiger partial charge is 0.338 e. The van der Waals surface area contributed by atoms with E-state index in [4.69, 9.17) is 5.10 Å². The topological polar surface area (TPSA) is 59.0 Å². The summed E-state index contributed by atoms with van der Waals surface area (Å²) in [6.07, 6.45) is 9.71. The molecule has 1 fully saturated rings. The van der Waals surface area contributed by atoms with Crippen molar-refractivity contribution in [3.05, 3.63) is 52.4 Å². The molecule has 8 heteroatoms. The highest BCUT2D eigenvalue weighted by Crippen LogP contribution is 2.57. The number of fused-ring (bicyclic) bond motifs is 4. The summed E-state index contributed by atoms with van der Waals surface area (Å²) >= 11 is 0. The van der Waals surface area contributed by atoms with Crippen molar-refractivity contribution in [2.75, 3.05) is 6.54 Å². The maximum absolute atomic E-state index is 14.0. The van der Waals surface area contributed by atoms with Crippen LogP contribution in [-0.4, -0.2) is 34.6 Å². The molecule has 0 bridgehead atoms. The van der Waals surface area contributed by atoms with Crippen LogP contribution in [0.4, 0.5) is 18.0 Å². The van der Waals surface area contributed by atoms with Crippen molar-refractivity contribution in [2.45, 2.75) is 71.5 Å². The largest absolute Gasteiger partial charge is 0.394 e. The minimum atomic E-state index is -4.37. The SMILES string of the molecule is CCNC(=O)N[C@H]1[C@H](C(F)(F)F)CC=C2[C@@H]1CCC1=Cc3c(cnn3C3=CC=C(C)CC3)C[C@@]12C. The Morgan fingerprint density at radius 2 is 2.06 bits per heavy atom. The number of halogens is 3. The fraction of sp³-hybridized carbons (Fsp3) is 0.556. The Hall–Kier alpha value is -2.77. The highest BCUT2D eigenvalue weighted by Gasteiger charge is 2.54. The van der Waals surface area contributed by atoms with E-state index in [0.717, 1.165) is 29.7 Å². The predicted octanol–water partition coefficient (Wildman–Crippen LogP) is 6.02. The van der Waals surface area contributed by atoms with Crippen molar-refractivity contribution in [1.29, 1.82) is 0 Å². The average Bonchev–Trinajstić information content (AvgIpc) is 3.19. The third-order valence-corrected chi connectivity index (χ3v) is 8.33. The zero-order chi connectivity index (χ0) is 25.0. The standard InChI is InChI=1S/C27H33F3N4O/c1-4-31-25(35)33-24-20-10-7-18-13-23-17(15-32-34(23)19-8-5-16(2)6-9-19)14-26(18,3)21(20)11-12-22(24)27(28,29)30/h5,8,11,13,15,20,22,24H,4,6-7,9-10,12,14H2,1-3H3,(H2,31,33,35)/t20-,22+,24+,26-/m0/s1. The van der Waals surface area contributed by atoms with Gasteiger partial charge in [-0.05, 0) is 70.1 Å². The van der Waals surface area contributed by atoms with Crippen molar-refractivity contribution >= 4 is 17.8 Å². The number of allylic oxidation sites excluding steroid dienone is 6. The molecule has 0 aromatic carbocycles. The summed E-state index contributed by atoms with van der Waals surface area (Å²) in [4.78, 5) is 12.3. The summed E-state index contributed by atoms with van der Waals surface area (Å²) in [6, 6.07) is -1.50. The molecular weight excluding hydrogens is 453 g/mol. The fourth-order valence-electron chi connectivity index (χ4n) is 6.48. The highest BCUT2D eigenvalue weighted by atomic mass is 19.4. The van der Waals surface area contributed by atoms with Crippen molar-refractivity contribution in [2.24, 2.45) is 17.3 Å². The average molecular weight is 487 g/mol. The molecule has 4 aliphatic rings. The molecule has 0 aliphatic heterocycles. The van der Waals surface area contributed by atoms with Crippen LogP contribution in [0.15, 0.2) is 41.1 Å². The Labute approximate surface area is 204 Å². The Morgan fingerprint density at radius 1 is 1.26 bits per heavy atom. The number of hydrogen-bond acceptors (Lipinski definition) is 2. The number of rotatable bonds is 3. The summed E-state index contributed by atoms with van der Waals surface area (Å²) < 4.78 is 44.0. The van der Waals surface area contributed by atoms with E-state index in [1.165, 1.54) is 16.8 Å². The first-order valence-corrected chi connectivity index (χ1v) is 12.6. The minimum Gasteiger partial charge on any atom is -0.338 e. The zero-order valence-electron chi connectivity index (χ0n) is 20.5. The number of carbonyl (C=O) groups is 1. The summed E-state index contributed by atoms with van der Waals surface area (Å²) in [5.74, 6) is -1.92. The molecule has 188 valence electrons. The molecule has 2 N–H and O–H groups in total. The van der Waals surface area contributed by atoms with E-state index >= 15 is 0 Å². The van der Waals surface area contributed by atoms with Gasteiger partial charge in [0.25, 0.3) is 0 Å². The Kier molecular flexibility index (Phi) is 5.96. The molecule has 1 saturated carbocycles. The quantitative estimate of drug-likeness (QED) is 0.514. The van der Waals surface area contributed by atoms with Gasteiger partial charge in [0.15, 0.2) is 0 Å². The lowest BCUT2D eigenvalue weighted by Gasteiger charge is -2.51. The van der Waals surface area contributed by atoms with E-state index in [9.17, 15) is 18.0 Å². The molecule has 2 amide bonds. The number of hydrogen-bond donors (Lipinski definition) is 2. The summed E-state index contributed by atoms with van der Waals surface area (Å²) in [6.45, 7) is 6.41. The van der Waals surface area contributed by atoms with Gasteiger partial charge >= 0.3 is 12.2 Å². The van der Waals surface area contributed by atoms with Gasteiger partial charge in [-0.3, -0.25) is 0 Å². The molecule has 1 heterocycles. The van der Waals surface area contributed by atoms with Crippen LogP contribution >= 0.6 is 0 Å². The first kappa shape index (κ1) is 23.9. The summed E-state index contributed by atoms with van der Waals surface area (Å²) in [7, 11) is 0. The highest BCUT2D eigenvalue weighted by molar-refractivity contribution is 5.74. The normalized spacial score (nSPS) is 30.1. The predicted molar refractivity (Wildman–Crippen MR) is 130 cm³/mol. The molecule has 0 unspecified atom stereocenters. The Morgan fingerprint density at radius 3 is 2.74 bits per heavy atom. The van der Waals surface area contributed by atoms with Crippen LogP contribution < -0.4 is 10.6 Å². The molecule has 5 nitrogen and oxygen atoms in total. The lowest BCUT2D eigenvalue weighted by Crippen LogP contribution is -2.57. The van der Waals surface area contributed by atoms with Gasteiger partial charge in [0.2, 0.25) is 0 Å². The van der Waals surface area contributed by atoms with Crippen molar-refractivity contribution in [3.8, 4) is 0 Å². The molecule has 4 aliphatic carbocycles. The molecule has 0 saturated heterocycles. The monoisotopic (exact) mass is 486 g/mol. The lowest BCUT2D eigenvalue weighted by molar-refractivity contribution is -0.186. The van der Waals surface area contributed by atoms with Crippen molar-refractivity contribution in [3.63, 3.8) is 0 Å². The number of aromatic nitrogens is 2. The maximum atomic E-state index is 14.0. The van der Waals surface area contributed by atoms with Gasteiger partial charge in [-0.1, -0.05) is 35.8 Å². The van der Waals surface area contributed by atoms with Gasteiger partial charge in [0.05, 0.1) is 17.8 Å². The Bertz CT molecular complexity index is 1160. The fourth-order valence-corrected chi connectivity index (χ4v) is 6.48. The summed E-state index contributed by atoms with van der Waals surface area (Å²) in [5.41, 5.74) is 6.66. The van der Waals surface area contributed by atoms with Gasteiger partial charge in [0, 0.05) is 29.6 Å². The van der Waals surface area contributed by atoms with Crippen molar-refractivity contribution < 1.29 is 18.0 Å². The van der Waals surface area contributed by atoms with Crippen LogP contribution in [0.5, 0.6) is 0 Å². The van der Waals surface area contributed by atoms with Gasteiger partial charge in [-0.25, -0.2) is 9.48 Å². The van der Waals surface area contributed by atoms with Crippen LogP contribution in [0, 0.1) is 17.3 Å². The Balaban J connectivity index is 1.49. The van der Waals surface area contributed by atoms with Gasteiger partial charge in [-0.15, -0.1) is 0 Å². The number of urea groups is 1. The van der Waals surface area contributed by atoms with E-state index in [-0.39, 0.29) is 17.8 Å². The second-order valence-corrected chi connectivity index (χ2v) is 10.5. The molecular formula is C27H33F3N4O. The molecule has 35 heavy (non-hydrogen) atoms. The van der Waals surface area contributed by atoms with Crippen LogP contribution in [0.25, 0.3) is 11.8 Å². The molecule has 1 aromatic rings. The third kappa shape index (κ3) is 4.15. The molecule has 4 atom stereocenters. The second-order valence-electron chi connectivity index (χ2n) is 10.5. The molecule has 5 rings (SSSR count). The summed E-state index contributed by atoms with van der Waals surface area (Å²) in [5, 5.41) is 10.0. The van der Waals surface area contributed by atoms with E-state index < -0.39 is 24.2 Å². The third-order valence-electron chi connectivity index (χ3n) is 8.33.